The Kier molecular flexibility index (Phi) is 4.39. The van der Waals surface area contributed by atoms with E-state index in [9.17, 15) is 4.21 Å². The van der Waals surface area contributed by atoms with E-state index < -0.39 is 10.8 Å². The first kappa shape index (κ1) is 11.2. The van der Waals surface area contributed by atoms with Crippen LogP contribution in [0.3, 0.4) is 0 Å². The molecular formula is C10H21NOS. The predicted molar refractivity (Wildman–Crippen MR) is 58.4 cm³/mol. The zero-order valence-electron chi connectivity index (χ0n) is 8.88. The van der Waals surface area contributed by atoms with Crippen molar-refractivity contribution in [1.82, 2.24) is 5.32 Å². The summed E-state index contributed by atoms with van der Waals surface area (Å²) in [6.07, 6.45) is 4.48. The highest BCUT2D eigenvalue weighted by Gasteiger charge is 2.29. The molecule has 4 unspecified atom stereocenters. The molecule has 1 saturated carbocycles. The summed E-state index contributed by atoms with van der Waals surface area (Å²) in [6, 6.07) is 0.609. The molecule has 13 heavy (non-hydrogen) atoms. The lowest BCUT2D eigenvalue weighted by atomic mass is 10.3. The van der Waals surface area contributed by atoms with Gasteiger partial charge in [0.25, 0.3) is 0 Å². The van der Waals surface area contributed by atoms with Crippen molar-refractivity contribution in [2.45, 2.75) is 56.1 Å². The minimum absolute atomic E-state index is 0.376. The van der Waals surface area contributed by atoms with Crippen LogP contribution in [0.1, 0.15) is 39.5 Å². The van der Waals surface area contributed by atoms with Crippen LogP contribution in [0.5, 0.6) is 0 Å². The van der Waals surface area contributed by atoms with Gasteiger partial charge in [0.15, 0.2) is 0 Å². The van der Waals surface area contributed by atoms with E-state index in [1.165, 1.54) is 6.42 Å². The molecule has 1 aliphatic rings. The third-order valence-corrected chi connectivity index (χ3v) is 5.30. The highest BCUT2D eigenvalue weighted by molar-refractivity contribution is 7.86. The predicted octanol–water partition coefficient (Wildman–Crippen LogP) is 1.67. The van der Waals surface area contributed by atoms with Gasteiger partial charge in [-0.2, -0.15) is 0 Å². The average Bonchev–Trinajstić information content (AvgIpc) is 2.63. The molecule has 0 bridgehead atoms. The first-order chi connectivity index (χ1) is 6.19. The summed E-state index contributed by atoms with van der Waals surface area (Å²) in [5.41, 5.74) is 0. The van der Waals surface area contributed by atoms with Crippen molar-refractivity contribution in [2.75, 3.05) is 7.05 Å². The number of nitrogens with one attached hydrogen (secondary N) is 1. The van der Waals surface area contributed by atoms with Crippen molar-refractivity contribution in [2.24, 2.45) is 0 Å². The largest absolute Gasteiger partial charge is 0.317 e. The summed E-state index contributed by atoms with van der Waals surface area (Å²) in [5.74, 6) is 0. The molecule has 0 aliphatic heterocycles. The molecule has 1 rings (SSSR count). The van der Waals surface area contributed by atoms with Crippen LogP contribution < -0.4 is 5.32 Å². The molecule has 1 fully saturated rings. The van der Waals surface area contributed by atoms with E-state index in [0.717, 1.165) is 19.3 Å². The van der Waals surface area contributed by atoms with Crippen LogP contribution in [0.25, 0.3) is 0 Å². The Morgan fingerprint density at radius 3 is 2.69 bits per heavy atom. The minimum Gasteiger partial charge on any atom is -0.317 e. The maximum absolute atomic E-state index is 11.9. The summed E-state index contributed by atoms with van der Waals surface area (Å²) in [4.78, 5) is 0. The molecule has 0 heterocycles. The topological polar surface area (TPSA) is 29.1 Å². The van der Waals surface area contributed by atoms with Crippen LogP contribution in [0, 0.1) is 0 Å². The van der Waals surface area contributed by atoms with Crippen molar-refractivity contribution < 1.29 is 4.21 Å². The Hall–Kier alpha value is 0.110. The number of rotatable bonds is 4. The molecule has 0 aromatic rings. The van der Waals surface area contributed by atoms with Gasteiger partial charge in [-0.3, -0.25) is 4.21 Å². The van der Waals surface area contributed by atoms with Crippen LogP contribution in [-0.4, -0.2) is 27.8 Å². The van der Waals surface area contributed by atoms with E-state index in [1.807, 2.05) is 7.05 Å². The number of hydrogen-bond donors (Lipinski definition) is 1. The van der Waals surface area contributed by atoms with Gasteiger partial charge in [-0.1, -0.05) is 13.8 Å². The van der Waals surface area contributed by atoms with Gasteiger partial charge in [-0.25, -0.2) is 0 Å². The van der Waals surface area contributed by atoms with Gasteiger partial charge in [-0.05, 0) is 32.7 Å². The molecule has 3 heteroatoms. The van der Waals surface area contributed by atoms with E-state index in [4.69, 9.17) is 0 Å². The quantitative estimate of drug-likeness (QED) is 0.753. The molecule has 0 aromatic carbocycles. The second kappa shape index (κ2) is 5.11. The van der Waals surface area contributed by atoms with Crippen molar-refractivity contribution >= 4 is 10.8 Å². The molecule has 0 saturated heterocycles. The summed E-state index contributed by atoms with van der Waals surface area (Å²) >= 11 is 0. The van der Waals surface area contributed by atoms with E-state index in [-0.39, 0.29) is 0 Å². The van der Waals surface area contributed by atoms with Crippen molar-refractivity contribution in [3.63, 3.8) is 0 Å². The zero-order chi connectivity index (χ0) is 9.84. The summed E-state index contributed by atoms with van der Waals surface area (Å²) in [5, 5.41) is 4.10. The molecule has 1 N–H and O–H groups in total. The van der Waals surface area contributed by atoms with E-state index in [2.05, 4.69) is 19.2 Å². The number of hydrogen-bond acceptors (Lipinski definition) is 2. The summed E-state index contributed by atoms with van der Waals surface area (Å²) in [7, 11) is 1.40. The highest BCUT2D eigenvalue weighted by atomic mass is 32.2. The molecule has 0 spiro atoms. The van der Waals surface area contributed by atoms with Gasteiger partial charge in [0, 0.05) is 27.3 Å². The maximum Gasteiger partial charge on any atom is 0.0366 e. The highest BCUT2D eigenvalue weighted by Crippen LogP contribution is 2.25. The first-order valence-corrected chi connectivity index (χ1v) is 6.53. The Morgan fingerprint density at radius 2 is 2.23 bits per heavy atom. The lowest BCUT2D eigenvalue weighted by molar-refractivity contribution is 0.580. The second-order valence-electron chi connectivity index (χ2n) is 3.97. The van der Waals surface area contributed by atoms with Crippen LogP contribution in [0.15, 0.2) is 0 Å². The van der Waals surface area contributed by atoms with Crippen LogP contribution in [0.2, 0.25) is 0 Å². The molecule has 78 valence electrons. The fourth-order valence-corrected chi connectivity index (χ4v) is 3.68. The van der Waals surface area contributed by atoms with Crippen molar-refractivity contribution in [3.8, 4) is 0 Å². The van der Waals surface area contributed by atoms with Gasteiger partial charge in [0.2, 0.25) is 0 Å². The van der Waals surface area contributed by atoms with Gasteiger partial charge in [0.1, 0.15) is 0 Å². The molecule has 2 nitrogen and oxygen atoms in total. The molecular weight excluding hydrogens is 182 g/mol. The molecule has 0 amide bonds. The zero-order valence-corrected chi connectivity index (χ0v) is 9.69. The van der Waals surface area contributed by atoms with Gasteiger partial charge >= 0.3 is 0 Å². The van der Waals surface area contributed by atoms with Gasteiger partial charge in [0.05, 0.1) is 0 Å². The van der Waals surface area contributed by atoms with Gasteiger partial charge < -0.3 is 5.32 Å². The molecule has 1 aliphatic carbocycles. The normalized spacial score (nSPS) is 33.2. The smallest absolute Gasteiger partial charge is 0.0366 e. The monoisotopic (exact) mass is 203 g/mol. The molecule has 4 atom stereocenters. The van der Waals surface area contributed by atoms with E-state index in [0.29, 0.717) is 16.5 Å². The first-order valence-electron chi connectivity index (χ1n) is 5.25. The van der Waals surface area contributed by atoms with Crippen LogP contribution in [0.4, 0.5) is 0 Å². The molecule has 0 radical (unpaired) electrons. The average molecular weight is 203 g/mol. The lowest BCUT2D eigenvalue weighted by Gasteiger charge is -2.15. The standard InChI is InChI=1S/C10H21NOS/c1-4-8(2)13(12)10-6-5-9(7-10)11-3/h8-11H,4-7H2,1-3H3. The molecule has 0 aromatic heterocycles. The van der Waals surface area contributed by atoms with Crippen LogP contribution in [-0.2, 0) is 10.8 Å². The van der Waals surface area contributed by atoms with E-state index >= 15 is 0 Å². The van der Waals surface area contributed by atoms with Crippen LogP contribution >= 0.6 is 0 Å². The SMILES string of the molecule is CCC(C)S(=O)C1CCC(NC)C1. The summed E-state index contributed by atoms with van der Waals surface area (Å²) in [6.45, 7) is 4.22. The van der Waals surface area contributed by atoms with Gasteiger partial charge in [-0.15, -0.1) is 0 Å². The third kappa shape index (κ3) is 2.78. The second-order valence-corrected chi connectivity index (χ2v) is 6.10. The lowest BCUT2D eigenvalue weighted by Crippen LogP contribution is -2.26. The Morgan fingerprint density at radius 1 is 1.54 bits per heavy atom. The Labute approximate surface area is 83.9 Å². The van der Waals surface area contributed by atoms with Crippen molar-refractivity contribution in [1.29, 1.82) is 0 Å². The maximum atomic E-state index is 11.9. The fraction of sp³-hybridized carbons (Fsp3) is 1.00. The fourth-order valence-electron chi connectivity index (χ4n) is 1.91. The van der Waals surface area contributed by atoms with Crippen molar-refractivity contribution in [3.05, 3.63) is 0 Å². The Balaban J connectivity index is 2.41. The third-order valence-electron chi connectivity index (χ3n) is 3.09. The summed E-state index contributed by atoms with van der Waals surface area (Å²) < 4.78 is 11.9. The minimum atomic E-state index is -0.602. The Bertz CT molecular complexity index is 184. The van der Waals surface area contributed by atoms with E-state index in [1.54, 1.807) is 0 Å².